The Morgan fingerprint density at radius 1 is 1.21 bits per heavy atom. The molecule has 1 aliphatic rings. The summed E-state index contributed by atoms with van der Waals surface area (Å²) in [5.41, 5.74) is 2.79. The van der Waals surface area contributed by atoms with E-state index in [0.717, 1.165) is 30.9 Å². The lowest BCUT2D eigenvalue weighted by Gasteiger charge is -2.21. The van der Waals surface area contributed by atoms with Crippen LogP contribution in [0.3, 0.4) is 0 Å². The molecule has 0 aromatic heterocycles. The van der Waals surface area contributed by atoms with Gasteiger partial charge in [0.2, 0.25) is 0 Å². The number of carbonyl (C=O) groups excluding carboxylic acids is 1. The molecule has 1 unspecified atom stereocenters. The molecular weight excluding hydrogens is 238 g/mol. The van der Waals surface area contributed by atoms with Gasteiger partial charge in [-0.25, -0.2) is 0 Å². The number of hydrogen-bond donors (Lipinski definition) is 3. The lowest BCUT2D eigenvalue weighted by Crippen LogP contribution is -2.33. The molecule has 0 bridgehead atoms. The first-order chi connectivity index (χ1) is 9.06. The molecule has 0 aliphatic carbocycles. The second-order valence-corrected chi connectivity index (χ2v) is 5.62. The average molecular weight is 261 g/mol. The number of rotatable bonds is 4. The van der Waals surface area contributed by atoms with E-state index in [0.29, 0.717) is 11.5 Å². The van der Waals surface area contributed by atoms with Crippen LogP contribution in [0.15, 0.2) is 18.2 Å². The van der Waals surface area contributed by atoms with E-state index in [9.17, 15) is 4.79 Å². The molecule has 0 fully saturated rings. The Morgan fingerprint density at radius 3 is 2.58 bits per heavy atom. The van der Waals surface area contributed by atoms with Crippen molar-refractivity contribution >= 4 is 17.3 Å². The van der Waals surface area contributed by atoms with Crippen molar-refractivity contribution in [3.8, 4) is 0 Å². The third kappa shape index (κ3) is 3.63. The minimum absolute atomic E-state index is 0.00308. The maximum Gasteiger partial charge on any atom is 0.251 e. The van der Waals surface area contributed by atoms with Crippen molar-refractivity contribution in [3.05, 3.63) is 23.8 Å². The molecule has 4 heteroatoms. The van der Waals surface area contributed by atoms with E-state index in [1.807, 2.05) is 18.2 Å². The van der Waals surface area contributed by atoms with Crippen LogP contribution in [0.1, 0.15) is 37.6 Å². The van der Waals surface area contributed by atoms with Crippen molar-refractivity contribution in [2.24, 2.45) is 5.92 Å². The van der Waals surface area contributed by atoms with Gasteiger partial charge in [-0.05, 0) is 37.5 Å². The molecule has 4 nitrogen and oxygen atoms in total. The van der Waals surface area contributed by atoms with E-state index < -0.39 is 0 Å². The van der Waals surface area contributed by atoms with Gasteiger partial charge in [0.15, 0.2) is 0 Å². The second-order valence-electron chi connectivity index (χ2n) is 5.62. The van der Waals surface area contributed by atoms with E-state index in [4.69, 9.17) is 0 Å². The van der Waals surface area contributed by atoms with Gasteiger partial charge in [-0.3, -0.25) is 4.79 Å². The molecule has 19 heavy (non-hydrogen) atoms. The second kappa shape index (κ2) is 5.95. The zero-order valence-electron chi connectivity index (χ0n) is 11.9. The first-order valence-corrected chi connectivity index (χ1v) is 6.99. The molecule has 1 aliphatic heterocycles. The standard InChI is InChI=1S/C15H23N3O/c1-10(2)8-11(3)18-15(19)12-4-5-13-14(9-12)17-7-6-16-13/h4-5,9-11,16-17H,6-8H2,1-3H3,(H,18,19). The van der Waals surface area contributed by atoms with Crippen LogP contribution >= 0.6 is 0 Å². The van der Waals surface area contributed by atoms with E-state index in [1.54, 1.807) is 0 Å². The number of fused-ring (bicyclic) bond motifs is 1. The number of amides is 1. The van der Waals surface area contributed by atoms with Crippen molar-refractivity contribution in [1.82, 2.24) is 5.32 Å². The van der Waals surface area contributed by atoms with Gasteiger partial charge in [0.25, 0.3) is 5.91 Å². The van der Waals surface area contributed by atoms with Crippen LogP contribution in [0.5, 0.6) is 0 Å². The molecule has 1 aromatic carbocycles. The quantitative estimate of drug-likeness (QED) is 0.781. The maximum atomic E-state index is 12.2. The highest BCUT2D eigenvalue weighted by Crippen LogP contribution is 2.25. The molecule has 0 spiro atoms. The zero-order valence-corrected chi connectivity index (χ0v) is 11.9. The summed E-state index contributed by atoms with van der Waals surface area (Å²) in [4.78, 5) is 12.2. The van der Waals surface area contributed by atoms with Crippen LogP contribution < -0.4 is 16.0 Å². The fourth-order valence-electron chi connectivity index (χ4n) is 2.45. The molecule has 1 atom stereocenters. The highest BCUT2D eigenvalue weighted by molar-refractivity contribution is 5.96. The van der Waals surface area contributed by atoms with Gasteiger partial charge < -0.3 is 16.0 Å². The van der Waals surface area contributed by atoms with Crippen LogP contribution in [0.2, 0.25) is 0 Å². The molecule has 3 N–H and O–H groups in total. The predicted molar refractivity (Wildman–Crippen MR) is 79.8 cm³/mol. The summed E-state index contributed by atoms with van der Waals surface area (Å²) >= 11 is 0. The van der Waals surface area contributed by atoms with E-state index >= 15 is 0 Å². The van der Waals surface area contributed by atoms with Gasteiger partial charge in [0.05, 0.1) is 11.4 Å². The minimum atomic E-state index is 0.00308. The summed E-state index contributed by atoms with van der Waals surface area (Å²) in [7, 11) is 0. The van der Waals surface area contributed by atoms with Gasteiger partial charge >= 0.3 is 0 Å². The predicted octanol–water partition coefficient (Wildman–Crippen LogP) is 2.69. The minimum Gasteiger partial charge on any atom is -0.382 e. The summed E-state index contributed by atoms with van der Waals surface area (Å²) in [5, 5.41) is 9.65. The highest BCUT2D eigenvalue weighted by atomic mass is 16.1. The fraction of sp³-hybridized carbons (Fsp3) is 0.533. The van der Waals surface area contributed by atoms with Crippen molar-refractivity contribution in [2.75, 3.05) is 23.7 Å². The van der Waals surface area contributed by atoms with E-state index in [-0.39, 0.29) is 11.9 Å². The zero-order chi connectivity index (χ0) is 13.8. The SMILES string of the molecule is CC(C)CC(C)NC(=O)c1ccc2c(c1)NCCN2. The molecule has 2 rings (SSSR count). The first kappa shape index (κ1) is 13.7. The topological polar surface area (TPSA) is 53.2 Å². The van der Waals surface area contributed by atoms with Gasteiger partial charge in [-0.2, -0.15) is 0 Å². The fourth-order valence-corrected chi connectivity index (χ4v) is 2.45. The van der Waals surface area contributed by atoms with Crippen LogP contribution in [-0.2, 0) is 0 Å². The summed E-state index contributed by atoms with van der Waals surface area (Å²) in [6.45, 7) is 8.19. The van der Waals surface area contributed by atoms with Crippen LogP contribution in [0.25, 0.3) is 0 Å². The third-order valence-corrected chi connectivity index (χ3v) is 3.24. The Bertz CT molecular complexity index is 457. The van der Waals surface area contributed by atoms with Gasteiger partial charge in [-0.1, -0.05) is 13.8 Å². The largest absolute Gasteiger partial charge is 0.382 e. The van der Waals surface area contributed by atoms with Gasteiger partial charge in [-0.15, -0.1) is 0 Å². The molecule has 0 saturated heterocycles. The highest BCUT2D eigenvalue weighted by Gasteiger charge is 2.14. The van der Waals surface area contributed by atoms with E-state index in [1.165, 1.54) is 0 Å². The van der Waals surface area contributed by atoms with Crippen molar-refractivity contribution < 1.29 is 4.79 Å². The molecule has 1 heterocycles. The smallest absolute Gasteiger partial charge is 0.251 e. The summed E-state index contributed by atoms with van der Waals surface area (Å²) in [5.74, 6) is 0.591. The lowest BCUT2D eigenvalue weighted by molar-refractivity contribution is 0.0936. The molecule has 1 aromatic rings. The molecule has 104 valence electrons. The number of carbonyl (C=O) groups is 1. The van der Waals surface area contributed by atoms with Crippen molar-refractivity contribution in [1.29, 1.82) is 0 Å². The molecular formula is C15H23N3O. The third-order valence-electron chi connectivity index (χ3n) is 3.24. The van der Waals surface area contributed by atoms with E-state index in [2.05, 4.69) is 36.7 Å². The van der Waals surface area contributed by atoms with Crippen LogP contribution in [-0.4, -0.2) is 25.0 Å². The first-order valence-electron chi connectivity index (χ1n) is 6.99. The Balaban J connectivity index is 2.03. The molecule has 0 saturated carbocycles. The number of nitrogens with one attached hydrogen (secondary N) is 3. The number of hydrogen-bond acceptors (Lipinski definition) is 3. The maximum absolute atomic E-state index is 12.2. The van der Waals surface area contributed by atoms with Gasteiger partial charge in [0.1, 0.15) is 0 Å². The Morgan fingerprint density at radius 2 is 1.89 bits per heavy atom. The van der Waals surface area contributed by atoms with Gasteiger partial charge in [0, 0.05) is 24.7 Å². The van der Waals surface area contributed by atoms with Crippen molar-refractivity contribution in [3.63, 3.8) is 0 Å². The Hall–Kier alpha value is -1.71. The van der Waals surface area contributed by atoms with Crippen LogP contribution in [0, 0.1) is 5.92 Å². The molecule has 1 amide bonds. The average Bonchev–Trinajstić information content (AvgIpc) is 2.37. The number of benzene rings is 1. The summed E-state index contributed by atoms with van der Waals surface area (Å²) in [6, 6.07) is 5.95. The normalized spacial score (nSPS) is 15.2. The Labute approximate surface area is 115 Å². The number of anilines is 2. The lowest BCUT2D eigenvalue weighted by atomic mass is 10.0. The van der Waals surface area contributed by atoms with Crippen molar-refractivity contribution in [2.45, 2.75) is 33.2 Å². The monoisotopic (exact) mass is 261 g/mol. The Kier molecular flexibility index (Phi) is 4.30. The van der Waals surface area contributed by atoms with Crippen LogP contribution in [0.4, 0.5) is 11.4 Å². The summed E-state index contributed by atoms with van der Waals surface area (Å²) < 4.78 is 0. The summed E-state index contributed by atoms with van der Waals surface area (Å²) in [6.07, 6.45) is 0.997. The molecule has 0 radical (unpaired) electrons.